The highest BCUT2D eigenvalue weighted by Crippen LogP contribution is 2.15. The minimum absolute atomic E-state index is 0.295. The molecule has 0 atom stereocenters. The number of thiazole rings is 1. The molecule has 2 N–H and O–H groups in total. The fraction of sp³-hybridized carbons (Fsp3) is 0.714. The molecule has 0 bridgehead atoms. The Kier molecular flexibility index (Phi) is 7.54. The molecule has 1 aromatic heterocycles. The van der Waals surface area contributed by atoms with Crippen molar-refractivity contribution in [2.75, 3.05) is 20.2 Å². The molecular formula is C14H26N4OS. The van der Waals surface area contributed by atoms with Crippen LogP contribution in [0.3, 0.4) is 0 Å². The Morgan fingerprint density at radius 2 is 2.10 bits per heavy atom. The zero-order chi connectivity index (χ0) is 15.0. The van der Waals surface area contributed by atoms with E-state index in [0.29, 0.717) is 12.6 Å². The third-order valence-electron chi connectivity index (χ3n) is 2.77. The van der Waals surface area contributed by atoms with Gasteiger partial charge in [-0.3, -0.25) is 4.99 Å². The van der Waals surface area contributed by atoms with Gasteiger partial charge in [0.1, 0.15) is 5.01 Å². The molecule has 0 fully saturated rings. The predicted octanol–water partition coefficient (Wildman–Crippen LogP) is 2.24. The Bertz CT molecular complexity index is 409. The van der Waals surface area contributed by atoms with Crippen LogP contribution < -0.4 is 10.6 Å². The number of nitrogens with one attached hydrogen (secondary N) is 2. The minimum Gasteiger partial charge on any atom is -0.379 e. The predicted molar refractivity (Wildman–Crippen MR) is 85.5 cm³/mol. The van der Waals surface area contributed by atoms with Gasteiger partial charge < -0.3 is 15.4 Å². The molecule has 0 aliphatic carbocycles. The van der Waals surface area contributed by atoms with Crippen molar-refractivity contribution in [2.45, 2.75) is 46.8 Å². The number of aromatic nitrogens is 1. The van der Waals surface area contributed by atoms with Gasteiger partial charge in [-0.1, -0.05) is 0 Å². The first-order chi connectivity index (χ1) is 9.52. The van der Waals surface area contributed by atoms with Crippen LogP contribution in [0, 0.1) is 13.8 Å². The SMILES string of the molecule is CN=C(NCCCOC(C)C)NCc1nc(C)c(C)s1. The van der Waals surface area contributed by atoms with Gasteiger partial charge in [0.15, 0.2) is 5.96 Å². The Labute approximate surface area is 125 Å². The molecule has 5 nitrogen and oxygen atoms in total. The summed E-state index contributed by atoms with van der Waals surface area (Å²) in [4.78, 5) is 9.97. The summed E-state index contributed by atoms with van der Waals surface area (Å²) in [6.45, 7) is 10.6. The molecule has 0 saturated heterocycles. The average Bonchev–Trinajstić information content (AvgIpc) is 2.71. The number of nitrogens with zero attached hydrogens (tertiary/aromatic N) is 2. The van der Waals surface area contributed by atoms with Crippen LogP contribution in [-0.2, 0) is 11.3 Å². The van der Waals surface area contributed by atoms with E-state index in [0.717, 1.165) is 36.2 Å². The van der Waals surface area contributed by atoms with Crippen LogP contribution >= 0.6 is 11.3 Å². The molecule has 1 aromatic rings. The number of aryl methyl sites for hydroxylation is 2. The lowest BCUT2D eigenvalue weighted by Gasteiger charge is -2.11. The topological polar surface area (TPSA) is 58.5 Å². The summed E-state index contributed by atoms with van der Waals surface area (Å²) >= 11 is 1.73. The lowest BCUT2D eigenvalue weighted by atomic mass is 10.4. The van der Waals surface area contributed by atoms with Crippen molar-refractivity contribution in [1.82, 2.24) is 15.6 Å². The molecule has 20 heavy (non-hydrogen) atoms. The highest BCUT2D eigenvalue weighted by Gasteiger charge is 2.04. The number of hydrogen-bond acceptors (Lipinski definition) is 4. The Morgan fingerprint density at radius 3 is 2.65 bits per heavy atom. The first-order valence-electron chi connectivity index (χ1n) is 7.02. The van der Waals surface area contributed by atoms with Gasteiger partial charge in [-0.25, -0.2) is 4.98 Å². The first kappa shape index (κ1) is 16.9. The summed E-state index contributed by atoms with van der Waals surface area (Å²) in [7, 11) is 1.78. The molecule has 0 amide bonds. The number of rotatable bonds is 7. The molecule has 0 spiro atoms. The number of ether oxygens (including phenoxy) is 1. The molecule has 1 rings (SSSR count). The van der Waals surface area contributed by atoms with Crippen molar-refractivity contribution in [3.8, 4) is 0 Å². The molecule has 0 saturated carbocycles. The van der Waals surface area contributed by atoms with E-state index < -0.39 is 0 Å². The van der Waals surface area contributed by atoms with Gasteiger partial charge in [0.25, 0.3) is 0 Å². The van der Waals surface area contributed by atoms with Gasteiger partial charge in [0.2, 0.25) is 0 Å². The lowest BCUT2D eigenvalue weighted by molar-refractivity contribution is 0.0776. The standard InChI is InChI=1S/C14H26N4OS/c1-10(2)19-8-6-7-16-14(15-5)17-9-13-18-11(3)12(4)20-13/h10H,6-9H2,1-5H3,(H2,15,16,17). The van der Waals surface area contributed by atoms with Crippen molar-refractivity contribution >= 4 is 17.3 Å². The van der Waals surface area contributed by atoms with Crippen molar-refractivity contribution in [2.24, 2.45) is 4.99 Å². The summed E-state index contributed by atoms with van der Waals surface area (Å²) in [5.41, 5.74) is 1.11. The van der Waals surface area contributed by atoms with Crippen LogP contribution in [0.25, 0.3) is 0 Å². The Balaban J connectivity index is 2.23. The number of guanidine groups is 1. The van der Waals surface area contributed by atoms with Gasteiger partial charge in [-0.2, -0.15) is 0 Å². The van der Waals surface area contributed by atoms with Crippen molar-refractivity contribution < 1.29 is 4.74 Å². The van der Waals surface area contributed by atoms with Gasteiger partial charge in [0.05, 0.1) is 18.3 Å². The molecule has 0 aromatic carbocycles. The largest absolute Gasteiger partial charge is 0.379 e. The van der Waals surface area contributed by atoms with Crippen molar-refractivity contribution in [1.29, 1.82) is 0 Å². The van der Waals surface area contributed by atoms with Crippen LogP contribution in [0.5, 0.6) is 0 Å². The fourth-order valence-electron chi connectivity index (χ4n) is 1.59. The molecular weight excluding hydrogens is 272 g/mol. The van der Waals surface area contributed by atoms with Gasteiger partial charge in [-0.05, 0) is 34.1 Å². The smallest absolute Gasteiger partial charge is 0.191 e. The Morgan fingerprint density at radius 1 is 1.35 bits per heavy atom. The molecule has 6 heteroatoms. The molecule has 0 aliphatic heterocycles. The van der Waals surface area contributed by atoms with Gasteiger partial charge in [-0.15, -0.1) is 11.3 Å². The summed E-state index contributed by atoms with van der Waals surface area (Å²) in [6.07, 6.45) is 1.26. The van der Waals surface area contributed by atoms with Crippen LogP contribution in [0.4, 0.5) is 0 Å². The second-order valence-electron chi connectivity index (χ2n) is 4.87. The lowest BCUT2D eigenvalue weighted by Crippen LogP contribution is -2.37. The highest BCUT2D eigenvalue weighted by molar-refractivity contribution is 7.11. The molecule has 1 heterocycles. The maximum absolute atomic E-state index is 5.49. The monoisotopic (exact) mass is 298 g/mol. The van der Waals surface area contributed by atoms with Crippen molar-refractivity contribution in [3.05, 3.63) is 15.6 Å². The van der Waals surface area contributed by atoms with E-state index in [9.17, 15) is 0 Å². The van der Waals surface area contributed by atoms with E-state index in [4.69, 9.17) is 4.74 Å². The first-order valence-corrected chi connectivity index (χ1v) is 7.83. The zero-order valence-electron chi connectivity index (χ0n) is 13.1. The summed E-state index contributed by atoms with van der Waals surface area (Å²) in [5.74, 6) is 0.806. The van der Waals surface area contributed by atoms with E-state index in [1.165, 1.54) is 4.88 Å². The number of hydrogen-bond donors (Lipinski definition) is 2. The van der Waals surface area contributed by atoms with Crippen LogP contribution in [0.1, 0.15) is 35.8 Å². The zero-order valence-corrected chi connectivity index (χ0v) is 13.9. The third-order valence-corrected chi connectivity index (χ3v) is 3.84. The van der Waals surface area contributed by atoms with E-state index in [1.807, 2.05) is 20.8 Å². The Hall–Kier alpha value is -1.14. The molecule has 0 aliphatic rings. The second kappa shape index (κ2) is 8.92. The second-order valence-corrected chi connectivity index (χ2v) is 6.16. The average molecular weight is 298 g/mol. The van der Waals surface area contributed by atoms with Gasteiger partial charge >= 0.3 is 0 Å². The number of aliphatic imine (C=N–C) groups is 1. The summed E-state index contributed by atoms with van der Waals surface area (Å²) in [5, 5.41) is 7.63. The van der Waals surface area contributed by atoms with E-state index in [-0.39, 0.29) is 0 Å². The summed E-state index contributed by atoms with van der Waals surface area (Å²) in [6, 6.07) is 0. The van der Waals surface area contributed by atoms with E-state index >= 15 is 0 Å². The molecule has 0 unspecified atom stereocenters. The van der Waals surface area contributed by atoms with Crippen LogP contribution in [-0.4, -0.2) is 37.2 Å². The normalized spacial score (nSPS) is 12.0. The quantitative estimate of drug-likeness (QED) is 0.460. The van der Waals surface area contributed by atoms with Crippen LogP contribution in [0.15, 0.2) is 4.99 Å². The van der Waals surface area contributed by atoms with E-state index in [1.54, 1.807) is 18.4 Å². The minimum atomic E-state index is 0.295. The highest BCUT2D eigenvalue weighted by atomic mass is 32.1. The van der Waals surface area contributed by atoms with Crippen LogP contribution in [0.2, 0.25) is 0 Å². The third kappa shape index (κ3) is 6.34. The maximum Gasteiger partial charge on any atom is 0.191 e. The van der Waals surface area contributed by atoms with Crippen molar-refractivity contribution in [3.63, 3.8) is 0 Å². The summed E-state index contributed by atoms with van der Waals surface area (Å²) < 4.78 is 5.49. The molecule has 0 radical (unpaired) electrons. The van der Waals surface area contributed by atoms with Gasteiger partial charge in [0, 0.05) is 25.1 Å². The maximum atomic E-state index is 5.49. The van der Waals surface area contributed by atoms with E-state index in [2.05, 4.69) is 27.5 Å². The fourth-order valence-corrected chi connectivity index (χ4v) is 2.47. The molecule has 114 valence electrons.